The molecule has 10 aromatic rings. The highest BCUT2D eigenvalue weighted by molar-refractivity contribution is 6.19. The van der Waals surface area contributed by atoms with Gasteiger partial charge in [-0.3, -0.25) is 0 Å². The summed E-state index contributed by atoms with van der Waals surface area (Å²) in [5.74, 6) is 0. The van der Waals surface area contributed by atoms with Gasteiger partial charge in [-0.25, -0.2) is 0 Å². The van der Waals surface area contributed by atoms with Crippen LogP contribution in [0.2, 0.25) is 0 Å². The van der Waals surface area contributed by atoms with Gasteiger partial charge in [-0.15, -0.1) is 0 Å². The first-order valence-electron chi connectivity index (χ1n) is 17.9. The molecule has 0 atom stereocenters. The lowest BCUT2D eigenvalue weighted by molar-refractivity contribution is 0.660. The van der Waals surface area contributed by atoms with E-state index in [1.807, 2.05) is 24.3 Å². The molecule has 11 rings (SSSR count). The van der Waals surface area contributed by atoms with Crippen molar-refractivity contribution in [1.82, 2.24) is 0 Å². The average molecular weight is 668 g/mol. The summed E-state index contributed by atoms with van der Waals surface area (Å²) in [6, 6.07) is 58.9. The van der Waals surface area contributed by atoms with Crippen molar-refractivity contribution in [1.29, 1.82) is 0 Å². The molecule has 0 saturated heterocycles. The minimum atomic E-state index is -0.109. The summed E-state index contributed by atoms with van der Waals surface area (Å²) in [6.45, 7) is 4.68. The zero-order valence-electron chi connectivity index (χ0n) is 28.9. The Bertz CT molecular complexity index is 3050. The third-order valence-corrected chi connectivity index (χ3v) is 11.3. The molecule has 1 aliphatic rings. The molecule has 2 heterocycles. The summed E-state index contributed by atoms with van der Waals surface area (Å²) in [5, 5.41) is 6.97. The molecular weight excluding hydrogens is 635 g/mol. The highest BCUT2D eigenvalue weighted by Crippen LogP contribution is 2.51. The second kappa shape index (κ2) is 10.7. The zero-order valence-corrected chi connectivity index (χ0v) is 28.9. The van der Waals surface area contributed by atoms with Crippen LogP contribution in [0.3, 0.4) is 0 Å². The van der Waals surface area contributed by atoms with Gasteiger partial charge in [0.25, 0.3) is 0 Å². The maximum absolute atomic E-state index is 6.39. The van der Waals surface area contributed by atoms with Crippen LogP contribution in [0.25, 0.3) is 76.9 Å². The SMILES string of the molecule is CC1(C)c2ccccc2-c2ccc(N(c3ccc(-c4ccc5ccc6oc7ccccc7c6c5c4)cc3)c3ccc4c(c3)oc3ccccc34)cc21. The van der Waals surface area contributed by atoms with E-state index in [4.69, 9.17) is 8.83 Å². The molecule has 0 N–H and O–H groups in total. The van der Waals surface area contributed by atoms with Gasteiger partial charge in [-0.05, 0) is 105 Å². The smallest absolute Gasteiger partial charge is 0.137 e. The van der Waals surface area contributed by atoms with Gasteiger partial charge in [0.15, 0.2) is 0 Å². The number of nitrogens with zero attached hydrogens (tertiary/aromatic N) is 1. The Morgan fingerprint density at radius 1 is 0.404 bits per heavy atom. The van der Waals surface area contributed by atoms with E-state index in [0.29, 0.717) is 0 Å². The molecular formula is C49H33NO2. The van der Waals surface area contributed by atoms with Crippen LogP contribution in [0.5, 0.6) is 0 Å². The highest BCUT2D eigenvalue weighted by atomic mass is 16.3. The number of para-hydroxylation sites is 2. The Kier molecular flexibility index (Phi) is 6.01. The van der Waals surface area contributed by atoms with Crippen LogP contribution in [0.4, 0.5) is 17.1 Å². The number of furan rings is 2. The van der Waals surface area contributed by atoms with E-state index in [1.165, 1.54) is 44.0 Å². The summed E-state index contributed by atoms with van der Waals surface area (Å²) >= 11 is 0. The van der Waals surface area contributed by atoms with Gasteiger partial charge in [0.1, 0.15) is 22.3 Å². The monoisotopic (exact) mass is 667 g/mol. The van der Waals surface area contributed by atoms with Crippen molar-refractivity contribution in [2.24, 2.45) is 0 Å². The lowest BCUT2D eigenvalue weighted by atomic mass is 9.82. The second-order valence-corrected chi connectivity index (χ2v) is 14.5. The van der Waals surface area contributed by atoms with Crippen LogP contribution >= 0.6 is 0 Å². The van der Waals surface area contributed by atoms with Crippen LogP contribution < -0.4 is 4.90 Å². The Labute approximate surface area is 301 Å². The predicted molar refractivity (Wildman–Crippen MR) is 216 cm³/mol. The lowest BCUT2D eigenvalue weighted by Crippen LogP contribution is -2.16. The van der Waals surface area contributed by atoms with Crippen molar-refractivity contribution in [2.45, 2.75) is 19.3 Å². The van der Waals surface area contributed by atoms with Crippen LogP contribution in [0, 0.1) is 0 Å². The molecule has 0 fully saturated rings. The molecule has 0 unspecified atom stereocenters. The molecule has 0 saturated carbocycles. The maximum atomic E-state index is 6.39. The molecule has 246 valence electrons. The molecule has 0 bridgehead atoms. The summed E-state index contributed by atoms with van der Waals surface area (Å²) in [5.41, 5.74) is 14.4. The Morgan fingerprint density at radius 2 is 1.02 bits per heavy atom. The first kappa shape index (κ1) is 29.2. The molecule has 0 aliphatic heterocycles. The maximum Gasteiger partial charge on any atom is 0.137 e. The molecule has 2 aromatic heterocycles. The largest absolute Gasteiger partial charge is 0.456 e. The first-order chi connectivity index (χ1) is 25.5. The molecule has 52 heavy (non-hydrogen) atoms. The second-order valence-electron chi connectivity index (χ2n) is 14.5. The Morgan fingerprint density at radius 3 is 1.88 bits per heavy atom. The number of benzene rings is 8. The molecule has 8 aromatic carbocycles. The Balaban J connectivity index is 1.06. The standard InChI is InChI=1S/C49H33NO2/c1-49(2)42-12-6-3-9-36(42)37-24-22-34(28-43(37)49)50(35-23-25-39-38-10-4-7-13-44(38)52-47(39)29-35)33-20-17-30(18-21-33)32-16-15-31-19-26-46-48(41(31)27-32)40-11-5-8-14-45(40)51-46/h3-29H,1-2H3. The van der Waals surface area contributed by atoms with Crippen molar-refractivity contribution in [3.05, 3.63) is 175 Å². The number of hydrogen-bond acceptors (Lipinski definition) is 3. The van der Waals surface area contributed by atoms with Gasteiger partial charge >= 0.3 is 0 Å². The van der Waals surface area contributed by atoms with Crippen molar-refractivity contribution in [3.63, 3.8) is 0 Å². The van der Waals surface area contributed by atoms with Crippen LogP contribution in [-0.4, -0.2) is 0 Å². The molecule has 0 spiro atoms. The van der Waals surface area contributed by atoms with E-state index in [2.05, 4.69) is 158 Å². The van der Waals surface area contributed by atoms with Gasteiger partial charge in [-0.1, -0.05) is 111 Å². The minimum Gasteiger partial charge on any atom is -0.456 e. The highest BCUT2D eigenvalue weighted by Gasteiger charge is 2.35. The first-order valence-corrected chi connectivity index (χ1v) is 17.9. The van der Waals surface area contributed by atoms with E-state index in [0.717, 1.165) is 61.1 Å². The van der Waals surface area contributed by atoms with Gasteiger partial charge in [0, 0.05) is 50.1 Å². The lowest BCUT2D eigenvalue weighted by Gasteiger charge is -2.28. The van der Waals surface area contributed by atoms with Crippen molar-refractivity contribution < 1.29 is 8.83 Å². The number of anilines is 3. The number of fused-ring (bicyclic) bond motifs is 11. The van der Waals surface area contributed by atoms with Gasteiger partial charge in [-0.2, -0.15) is 0 Å². The molecule has 1 aliphatic carbocycles. The fourth-order valence-electron chi connectivity index (χ4n) is 8.66. The predicted octanol–water partition coefficient (Wildman–Crippen LogP) is 14.1. The van der Waals surface area contributed by atoms with E-state index < -0.39 is 0 Å². The van der Waals surface area contributed by atoms with Crippen molar-refractivity contribution >= 4 is 71.7 Å². The summed E-state index contributed by atoms with van der Waals surface area (Å²) in [6.07, 6.45) is 0. The van der Waals surface area contributed by atoms with E-state index in [-0.39, 0.29) is 5.41 Å². The Hall–Kier alpha value is -6.58. The van der Waals surface area contributed by atoms with Gasteiger partial charge < -0.3 is 13.7 Å². The summed E-state index contributed by atoms with van der Waals surface area (Å²) < 4.78 is 12.6. The third kappa shape index (κ3) is 4.20. The van der Waals surface area contributed by atoms with Gasteiger partial charge in [0.05, 0.1) is 0 Å². The molecule has 0 amide bonds. The number of rotatable bonds is 4. The van der Waals surface area contributed by atoms with Crippen LogP contribution in [0.1, 0.15) is 25.0 Å². The van der Waals surface area contributed by atoms with E-state index in [9.17, 15) is 0 Å². The fraction of sp³-hybridized carbons (Fsp3) is 0.0612. The molecule has 3 heteroatoms. The van der Waals surface area contributed by atoms with Crippen LogP contribution in [-0.2, 0) is 5.41 Å². The molecule has 0 radical (unpaired) electrons. The fourth-order valence-corrected chi connectivity index (χ4v) is 8.66. The summed E-state index contributed by atoms with van der Waals surface area (Å²) in [7, 11) is 0. The minimum absolute atomic E-state index is 0.109. The quantitative estimate of drug-likeness (QED) is 0.187. The number of hydrogen-bond donors (Lipinski definition) is 0. The van der Waals surface area contributed by atoms with Crippen LogP contribution in [0.15, 0.2) is 173 Å². The van der Waals surface area contributed by atoms with Crippen molar-refractivity contribution in [2.75, 3.05) is 4.90 Å². The van der Waals surface area contributed by atoms with Gasteiger partial charge in [0.2, 0.25) is 0 Å². The van der Waals surface area contributed by atoms with E-state index >= 15 is 0 Å². The normalized spacial score (nSPS) is 13.3. The average Bonchev–Trinajstić information content (AvgIpc) is 3.83. The van der Waals surface area contributed by atoms with Crippen molar-refractivity contribution in [3.8, 4) is 22.3 Å². The summed E-state index contributed by atoms with van der Waals surface area (Å²) in [4.78, 5) is 2.36. The molecule has 3 nitrogen and oxygen atoms in total. The topological polar surface area (TPSA) is 29.5 Å². The van der Waals surface area contributed by atoms with E-state index in [1.54, 1.807) is 0 Å². The third-order valence-electron chi connectivity index (χ3n) is 11.3. The zero-order chi connectivity index (χ0) is 34.6.